The van der Waals surface area contributed by atoms with E-state index in [1.54, 1.807) is 6.07 Å². The molecule has 0 spiro atoms. The number of hydrogen-bond donors (Lipinski definition) is 2. The lowest BCUT2D eigenvalue weighted by molar-refractivity contribution is 0.298. The van der Waals surface area contributed by atoms with E-state index in [9.17, 15) is 8.78 Å². The number of ether oxygens (including phenoxy) is 1. The summed E-state index contributed by atoms with van der Waals surface area (Å²) >= 11 is 3.04. The molecular formula is C14H11BrF2N2O. The number of benzene rings is 2. The van der Waals surface area contributed by atoms with Gasteiger partial charge in [-0.3, -0.25) is 5.41 Å². The standard InChI is InChI=1S/C14H11BrF2N2O/c15-11-4-3-10(6-13(11)17)20-7-9-2-1-8(14(18)19)5-12(9)16/h1-6H,7H2,(H3,18,19). The molecule has 0 bridgehead atoms. The SMILES string of the molecule is N=C(N)c1ccc(COc2ccc(Br)c(F)c2)c(F)c1. The lowest BCUT2D eigenvalue weighted by Gasteiger charge is -2.08. The van der Waals surface area contributed by atoms with Crippen LogP contribution in [0.25, 0.3) is 0 Å². The van der Waals surface area contributed by atoms with E-state index >= 15 is 0 Å². The van der Waals surface area contributed by atoms with Gasteiger partial charge in [-0.2, -0.15) is 0 Å². The molecular weight excluding hydrogens is 330 g/mol. The van der Waals surface area contributed by atoms with Crippen LogP contribution in [0.15, 0.2) is 40.9 Å². The lowest BCUT2D eigenvalue weighted by atomic mass is 10.1. The van der Waals surface area contributed by atoms with Crippen molar-refractivity contribution >= 4 is 21.8 Å². The van der Waals surface area contributed by atoms with Gasteiger partial charge in [-0.05, 0) is 34.1 Å². The number of hydrogen-bond acceptors (Lipinski definition) is 2. The van der Waals surface area contributed by atoms with Crippen LogP contribution in [0.1, 0.15) is 11.1 Å². The Morgan fingerprint density at radius 2 is 1.90 bits per heavy atom. The fourth-order valence-corrected chi connectivity index (χ4v) is 1.81. The van der Waals surface area contributed by atoms with E-state index in [-0.39, 0.29) is 12.4 Å². The van der Waals surface area contributed by atoms with Gasteiger partial charge in [0, 0.05) is 17.2 Å². The predicted molar refractivity (Wildman–Crippen MR) is 75.8 cm³/mol. The first-order valence-electron chi connectivity index (χ1n) is 5.68. The summed E-state index contributed by atoms with van der Waals surface area (Å²) in [4.78, 5) is 0. The van der Waals surface area contributed by atoms with E-state index in [4.69, 9.17) is 15.9 Å². The van der Waals surface area contributed by atoms with Crippen LogP contribution in [-0.4, -0.2) is 5.84 Å². The molecule has 0 unspecified atom stereocenters. The molecule has 0 atom stereocenters. The Hall–Kier alpha value is -1.95. The Balaban J connectivity index is 2.10. The highest BCUT2D eigenvalue weighted by Gasteiger charge is 2.07. The Morgan fingerprint density at radius 3 is 2.50 bits per heavy atom. The second kappa shape index (κ2) is 6.00. The summed E-state index contributed by atoms with van der Waals surface area (Å²) < 4.78 is 32.7. The lowest BCUT2D eigenvalue weighted by Crippen LogP contribution is -2.12. The van der Waals surface area contributed by atoms with Crippen LogP contribution in [-0.2, 0) is 6.61 Å². The van der Waals surface area contributed by atoms with Crippen molar-refractivity contribution in [3.8, 4) is 5.75 Å². The first kappa shape index (κ1) is 14.5. The molecule has 0 aliphatic rings. The fourth-order valence-electron chi connectivity index (χ4n) is 1.56. The topological polar surface area (TPSA) is 59.1 Å². The third kappa shape index (κ3) is 3.33. The van der Waals surface area contributed by atoms with Gasteiger partial charge in [-0.15, -0.1) is 0 Å². The maximum Gasteiger partial charge on any atom is 0.141 e. The number of nitrogen functional groups attached to an aromatic ring is 1. The molecule has 0 heterocycles. The first-order chi connectivity index (χ1) is 9.47. The summed E-state index contributed by atoms with van der Waals surface area (Å²) in [6.45, 7) is -0.0366. The number of halogens is 3. The summed E-state index contributed by atoms with van der Waals surface area (Å²) in [5.74, 6) is -0.864. The van der Waals surface area contributed by atoms with E-state index in [1.807, 2.05) is 0 Å². The predicted octanol–water partition coefficient (Wildman–Crippen LogP) is 3.59. The second-order valence-electron chi connectivity index (χ2n) is 4.08. The van der Waals surface area contributed by atoms with Crippen molar-refractivity contribution in [2.24, 2.45) is 5.73 Å². The van der Waals surface area contributed by atoms with Crippen molar-refractivity contribution < 1.29 is 13.5 Å². The monoisotopic (exact) mass is 340 g/mol. The largest absolute Gasteiger partial charge is 0.489 e. The van der Waals surface area contributed by atoms with E-state index in [0.29, 0.717) is 21.3 Å². The molecule has 0 amide bonds. The van der Waals surface area contributed by atoms with Crippen molar-refractivity contribution in [1.29, 1.82) is 5.41 Å². The number of nitrogens with one attached hydrogen (secondary N) is 1. The molecule has 0 aliphatic heterocycles. The number of amidine groups is 1. The van der Waals surface area contributed by atoms with Crippen molar-refractivity contribution in [2.75, 3.05) is 0 Å². The van der Waals surface area contributed by atoms with Crippen molar-refractivity contribution in [3.63, 3.8) is 0 Å². The molecule has 2 aromatic rings. The van der Waals surface area contributed by atoms with Crippen LogP contribution in [0.2, 0.25) is 0 Å². The van der Waals surface area contributed by atoms with Gasteiger partial charge in [-0.25, -0.2) is 8.78 Å². The van der Waals surface area contributed by atoms with Gasteiger partial charge in [0.15, 0.2) is 0 Å². The Bertz CT molecular complexity index is 662. The molecule has 0 aliphatic carbocycles. The summed E-state index contributed by atoms with van der Waals surface area (Å²) in [6, 6.07) is 8.50. The van der Waals surface area contributed by atoms with E-state index in [2.05, 4.69) is 15.9 Å². The zero-order valence-electron chi connectivity index (χ0n) is 10.3. The van der Waals surface area contributed by atoms with E-state index < -0.39 is 11.6 Å². The molecule has 6 heteroatoms. The normalized spacial score (nSPS) is 10.3. The number of rotatable bonds is 4. The zero-order valence-corrected chi connectivity index (χ0v) is 11.9. The van der Waals surface area contributed by atoms with Crippen molar-refractivity contribution in [2.45, 2.75) is 6.61 Å². The molecule has 20 heavy (non-hydrogen) atoms. The number of nitrogens with two attached hydrogens (primary N) is 1. The van der Waals surface area contributed by atoms with Crippen LogP contribution in [0, 0.1) is 17.0 Å². The first-order valence-corrected chi connectivity index (χ1v) is 6.47. The van der Waals surface area contributed by atoms with Crippen LogP contribution in [0.4, 0.5) is 8.78 Å². The van der Waals surface area contributed by atoms with Gasteiger partial charge in [0.2, 0.25) is 0 Å². The molecule has 104 valence electrons. The van der Waals surface area contributed by atoms with Gasteiger partial charge in [0.05, 0.1) is 4.47 Å². The molecule has 3 N–H and O–H groups in total. The average molecular weight is 341 g/mol. The minimum atomic E-state index is -0.518. The quantitative estimate of drug-likeness (QED) is 0.660. The van der Waals surface area contributed by atoms with Crippen LogP contribution >= 0.6 is 15.9 Å². The van der Waals surface area contributed by atoms with E-state index in [0.717, 1.165) is 0 Å². The Labute approximate surface area is 123 Å². The Kier molecular flexibility index (Phi) is 4.34. The van der Waals surface area contributed by atoms with Gasteiger partial charge < -0.3 is 10.5 Å². The van der Waals surface area contributed by atoms with Gasteiger partial charge in [0.1, 0.15) is 29.8 Å². The maximum absolute atomic E-state index is 13.7. The van der Waals surface area contributed by atoms with Crippen LogP contribution < -0.4 is 10.5 Å². The molecule has 3 nitrogen and oxygen atoms in total. The summed E-state index contributed by atoms with van der Waals surface area (Å²) in [5.41, 5.74) is 5.88. The molecule has 0 fully saturated rings. The third-order valence-electron chi connectivity index (χ3n) is 2.65. The average Bonchev–Trinajstić information content (AvgIpc) is 2.41. The summed E-state index contributed by atoms with van der Waals surface area (Å²) in [7, 11) is 0. The summed E-state index contributed by atoms with van der Waals surface area (Å²) in [6.07, 6.45) is 0. The maximum atomic E-state index is 13.7. The minimum absolute atomic E-state index is 0.0366. The smallest absolute Gasteiger partial charge is 0.141 e. The molecule has 0 aromatic heterocycles. The molecule has 2 aromatic carbocycles. The molecule has 2 rings (SSSR count). The molecule has 0 radical (unpaired) electrons. The van der Waals surface area contributed by atoms with Gasteiger partial charge >= 0.3 is 0 Å². The second-order valence-corrected chi connectivity index (χ2v) is 4.94. The highest BCUT2D eigenvalue weighted by Crippen LogP contribution is 2.22. The zero-order chi connectivity index (χ0) is 14.7. The summed E-state index contributed by atoms with van der Waals surface area (Å²) in [5, 5.41) is 7.22. The molecule has 0 saturated heterocycles. The van der Waals surface area contributed by atoms with Gasteiger partial charge in [0.25, 0.3) is 0 Å². The highest BCUT2D eigenvalue weighted by atomic mass is 79.9. The van der Waals surface area contributed by atoms with Crippen LogP contribution in [0.3, 0.4) is 0 Å². The molecule has 0 saturated carbocycles. The Morgan fingerprint density at radius 1 is 1.15 bits per heavy atom. The van der Waals surface area contributed by atoms with Gasteiger partial charge in [-0.1, -0.05) is 12.1 Å². The van der Waals surface area contributed by atoms with Crippen molar-refractivity contribution in [1.82, 2.24) is 0 Å². The fraction of sp³-hybridized carbons (Fsp3) is 0.0714. The van der Waals surface area contributed by atoms with E-state index in [1.165, 1.54) is 30.3 Å². The minimum Gasteiger partial charge on any atom is -0.489 e. The highest BCUT2D eigenvalue weighted by molar-refractivity contribution is 9.10. The van der Waals surface area contributed by atoms with Crippen LogP contribution in [0.5, 0.6) is 5.75 Å². The van der Waals surface area contributed by atoms with Crippen molar-refractivity contribution in [3.05, 3.63) is 63.6 Å². The third-order valence-corrected chi connectivity index (χ3v) is 3.29.